The number of hydrogen-bond acceptors (Lipinski definition) is 3. The van der Waals surface area contributed by atoms with Crippen molar-refractivity contribution in [2.45, 2.75) is 26.3 Å². The quantitative estimate of drug-likeness (QED) is 0.823. The molecule has 0 heterocycles. The van der Waals surface area contributed by atoms with Crippen LogP contribution in [0.2, 0.25) is 0 Å². The summed E-state index contributed by atoms with van der Waals surface area (Å²) in [5.41, 5.74) is 1.21. The fraction of sp³-hybridized carbons (Fsp3) is 0.429. The highest BCUT2D eigenvalue weighted by Crippen LogP contribution is 2.09. The number of rotatable bonds is 6. The first-order chi connectivity index (χ1) is 9.06. The minimum Gasteiger partial charge on any atom is -0.375 e. The molecule has 2 amide bonds. The average Bonchev–Trinajstić information content (AvgIpc) is 2.39. The zero-order valence-corrected chi connectivity index (χ0v) is 11.5. The molecule has 1 atom stereocenters. The first-order valence-corrected chi connectivity index (χ1v) is 6.26. The van der Waals surface area contributed by atoms with E-state index in [1.165, 1.54) is 7.11 Å². The summed E-state index contributed by atoms with van der Waals surface area (Å²) in [6.45, 7) is 3.98. The normalized spacial score (nSPS) is 11.7. The van der Waals surface area contributed by atoms with E-state index in [4.69, 9.17) is 4.74 Å². The minimum absolute atomic E-state index is 0.0102. The topological polar surface area (TPSA) is 67.4 Å². The van der Waals surface area contributed by atoms with Crippen LogP contribution in [-0.2, 0) is 9.53 Å². The minimum atomic E-state index is -0.223. The molecule has 19 heavy (non-hydrogen) atoms. The second kappa shape index (κ2) is 7.53. The predicted octanol–water partition coefficient (Wildman–Crippen LogP) is 1.80. The Morgan fingerprint density at radius 3 is 2.42 bits per heavy atom. The zero-order chi connectivity index (χ0) is 14.3. The van der Waals surface area contributed by atoms with Crippen LogP contribution in [-0.4, -0.2) is 31.6 Å². The van der Waals surface area contributed by atoms with Crippen LogP contribution in [0.5, 0.6) is 0 Å². The van der Waals surface area contributed by atoms with Gasteiger partial charge < -0.3 is 15.4 Å². The third-order valence-corrected chi connectivity index (χ3v) is 2.70. The Kier molecular flexibility index (Phi) is 6.02. The van der Waals surface area contributed by atoms with E-state index in [1.807, 2.05) is 13.8 Å². The van der Waals surface area contributed by atoms with Gasteiger partial charge in [0.05, 0.1) is 0 Å². The highest BCUT2D eigenvalue weighted by molar-refractivity contribution is 5.96. The number of anilines is 1. The number of nitrogens with one attached hydrogen (secondary N) is 2. The van der Waals surface area contributed by atoms with Crippen molar-refractivity contribution in [1.82, 2.24) is 5.32 Å². The second-order valence-corrected chi connectivity index (χ2v) is 4.34. The molecule has 5 nitrogen and oxygen atoms in total. The number of methoxy groups -OCH3 is 1. The van der Waals surface area contributed by atoms with Crippen molar-refractivity contribution in [3.8, 4) is 0 Å². The fourth-order valence-corrected chi connectivity index (χ4v) is 1.44. The Labute approximate surface area is 113 Å². The number of carbonyl (C=O) groups excluding carboxylic acids is 2. The van der Waals surface area contributed by atoms with E-state index in [0.717, 1.165) is 6.42 Å². The average molecular weight is 264 g/mol. The monoisotopic (exact) mass is 264 g/mol. The molecular weight excluding hydrogens is 244 g/mol. The molecule has 0 bridgehead atoms. The first kappa shape index (κ1) is 15.2. The summed E-state index contributed by atoms with van der Waals surface area (Å²) in [4.78, 5) is 23.1. The van der Waals surface area contributed by atoms with Gasteiger partial charge in [0.25, 0.3) is 5.91 Å². The molecule has 2 N–H and O–H groups in total. The van der Waals surface area contributed by atoms with E-state index in [-0.39, 0.29) is 24.5 Å². The van der Waals surface area contributed by atoms with Crippen LogP contribution < -0.4 is 10.6 Å². The second-order valence-electron chi connectivity index (χ2n) is 4.34. The molecule has 0 saturated heterocycles. The van der Waals surface area contributed by atoms with Crippen molar-refractivity contribution in [3.05, 3.63) is 29.8 Å². The summed E-state index contributed by atoms with van der Waals surface area (Å²) in [5.74, 6) is -0.330. The molecule has 0 radical (unpaired) electrons. The van der Waals surface area contributed by atoms with Crippen LogP contribution in [0.3, 0.4) is 0 Å². The summed E-state index contributed by atoms with van der Waals surface area (Å²) >= 11 is 0. The van der Waals surface area contributed by atoms with Crippen LogP contribution >= 0.6 is 0 Å². The summed E-state index contributed by atoms with van der Waals surface area (Å²) in [6, 6.07) is 6.90. The highest BCUT2D eigenvalue weighted by atomic mass is 16.5. The maximum atomic E-state index is 11.8. The van der Waals surface area contributed by atoms with Crippen molar-refractivity contribution < 1.29 is 14.3 Å². The van der Waals surface area contributed by atoms with E-state index in [0.29, 0.717) is 11.3 Å². The molecule has 0 saturated carbocycles. The van der Waals surface area contributed by atoms with E-state index in [2.05, 4.69) is 10.6 Å². The molecule has 104 valence electrons. The van der Waals surface area contributed by atoms with Gasteiger partial charge in [0, 0.05) is 24.4 Å². The Balaban J connectivity index is 2.60. The molecule has 1 rings (SSSR count). The van der Waals surface area contributed by atoms with Crippen molar-refractivity contribution in [1.29, 1.82) is 0 Å². The van der Waals surface area contributed by atoms with Crippen molar-refractivity contribution in [3.63, 3.8) is 0 Å². The van der Waals surface area contributed by atoms with Crippen LogP contribution in [0, 0.1) is 0 Å². The summed E-state index contributed by atoms with van der Waals surface area (Å²) in [6.07, 6.45) is 0.886. The van der Waals surface area contributed by atoms with E-state index >= 15 is 0 Å². The highest BCUT2D eigenvalue weighted by Gasteiger charge is 2.08. The smallest absolute Gasteiger partial charge is 0.251 e. The zero-order valence-electron chi connectivity index (χ0n) is 11.5. The molecule has 0 spiro atoms. The van der Waals surface area contributed by atoms with Crippen LogP contribution in [0.4, 0.5) is 5.69 Å². The van der Waals surface area contributed by atoms with Crippen LogP contribution in [0.1, 0.15) is 30.6 Å². The maximum absolute atomic E-state index is 11.8. The van der Waals surface area contributed by atoms with Gasteiger partial charge in [-0.3, -0.25) is 9.59 Å². The van der Waals surface area contributed by atoms with Gasteiger partial charge in [-0.1, -0.05) is 6.92 Å². The molecule has 0 aliphatic rings. The Hall–Kier alpha value is -1.88. The van der Waals surface area contributed by atoms with Crippen LogP contribution in [0.15, 0.2) is 24.3 Å². The number of benzene rings is 1. The molecule has 1 unspecified atom stereocenters. The van der Waals surface area contributed by atoms with Crippen molar-refractivity contribution in [2.24, 2.45) is 0 Å². The molecule has 0 fully saturated rings. The van der Waals surface area contributed by atoms with Crippen molar-refractivity contribution >= 4 is 17.5 Å². The third kappa shape index (κ3) is 5.09. The van der Waals surface area contributed by atoms with Gasteiger partial charge in [-0.05, 0) is 37.6 Å². The molecular formula is C14H20N2O3. The maximum Gasteiger partial charge on any atom is 0.251 e. The molecule has 0 aliphatic heterocycles. The van der Waals surface area contributed by atoms with Crippen molar-refractivity contribution in [2.75, 3.05) is 19.0 Å². The SMILES string of the molecule is CCC(C)NC(=O)c1ccc(NC(=O)COC)cc1. The fourth-order valence-electron chi connectivity index (χ4n) is 1.44. The predicted molar refractivity (Wildman–Crippen MR) is 74.2 cm³/mol. The molecule has 1 aromatic rings. The lowest BCUT2D eigenvalue weighted by Crippen LogP contribution is -2.31. The summed E-state index contributed by atoms with van der Waals surface area (Å²) in [5, 5.41) is 5.55. The number of carbonyl (C=O) groups is 2. The third-order valence-electron chi connectivity index (χ3n) is 2.70. The van der Waals surface area contributed by atoms with Gasteiger partial charge >= 0.3 is 0 Å². The largest absolute Gasteiger partial charge is 0.375 e. The molecule has 0 aliphatic carbocycles. The standard InChI is InChI=1S/C14H20N2O3/c1-4-10(2)15-14(18)11-5-7-12(8-6-11)16-13(17)9-19-3/h5-8,10H,4,9H2,1-3H3,(H,15,18)(H,16,17). The Morgan fingerprint density at radius 1 is 1.26 bits per heavy atom. The van der Waals surface area contributed by atoms with Crippen LogP contribution in [0.25, 0.3) is 0 Å². The van der Waals surface area contributed by atoms with Gasteiger partial charge in [-0.25, -0.2) is 0 Å². The first-order valence-electron chi connectivity index (χ1n) is 6.26. The van der Waals surface area contributed by atoms with E-state index < -0.39 is 0 Å². The number of amides is 2. The lowest BCUT2D eigenvalue weighted by molar-refractivity contribution is -0.119. The number of ether oxygens (including phenoxy) is 1. The Bertz CT molecular complexity index is 429. The van der Waals surface area contributed by atoms with Gasteiger partial charge in [0.1, 0.15) is 6.61 Å². The van der Waals surface area contributed by atoms with E-state index in [9.17, 15) is 9.59 Å². The van der Waals surface area contributed by atoms with Gasteiger partial charge in [0.2, 0.25) is 5.91 Å². The van der Waals surface area contributed by atoms with Gasteiger partial charge in [-0.2, -0.15) is 0 Å². The Morgan fingerprint density at radius 2 is 1.89 bits per heavy atom. The number of hydrogen-bond donors (Lipinski definition) is 2. The summed E-state index contributed by atoms with van der Waals surface area (Å²) < 4.78 is 4.72. The van der Waals surface area contributed by atoms with Gasteiger partial charge in [0.15, 0.2) is 0 Å². The lowest BCUT2D eigenvalue weighted by atomic mass is 10.1. The van der Waals surface area contributed by atoms with Gasteiger partial charge in [-0.15, -0.1) is 0 Å². The molecule has 5 heteroatoms. The van der Waals surface area contributed by atoms with E-state index in [1.54, 1.807) is 24.3 Å². The molecule has 1 aromatic carbocycles. The molecule has 0 aromatic heterocycles. The summed E-state index contributed by atoms with van der Waals surface area (Å²) in [7, 11) is 1.46. The lowest BCUT2D eigenvalue weighted by Gasteiger charge is -2.11.